The maximum atomic E-state index is 14.3. The monoisotopic (exact) mass is 297 g/mol. The normalized spacial score (nSPS) is 35.5. The highest BCUT2D eigenvalue weighted by Crippen LogP contribution is 2.53. The van der Waals surface area contributed by atoms with E-state index in [-0.39, 0.29) is 17.6 Å². The highest BCUT2D eigenvalue weighted by molar-refractivity contribution is 5.13. The van der Waals surface area contributed by atoms with Gasteiger partial charge in [-0.1, -0.05) is 20.8 Å². The Hall–Kier alpha value is -0.360. The van der Waals surface area contributed by atoms with Gasteiger partial charge in [0.1, 0.15) is 12.8 Å². The molecule has 2 nitrogen and oxygen atoms in total. The average Bonchev–Trinajstić information content (AvgIpc) is 2.75. The molecule has 2 saturated heterocycles. The summed E-state index contributed by atoms with van der Waals surface area (Å²) in [5.41, 5.74) is -0.328. The Morgan fingerprint density at radius 1 is 1.25 bits per heavy atom. The van der Waals surface area contributed by atoms with Gasteiger partial charge in [0.25, 0.3) is 0 Å². The number of fused-ring (bicyclic) bond motifs is 1. The first kappa shape index (κ1) is 16.0. The van der Waals surface area contributed by atoms with Gasteiger partial charge in [-0.25, -0.2) is 4.39 Å². The van der Waals surface area contributed by atoms with Crippen LogP contribution in [0.15, 0.2) is 0 Å². The zero-order valence-corrected chi connectivity index (χ0v) is 12.3. The lowest BCUT2D eigenvalue weighted by Crippen LogP contribution is -2.52. The molecule has 3 atom stereocenters. The third-order valence-electron chi connectivity index (χ3n) is 4.84. The maximum Gasteiger partial charge on any atom is 0.411 e. The first-order valence-electron chi connectivity index (χ1n) is 7.12. The van der Waals surface area contributed by atoms with Crippen molar-refractivity contribution < 1.29 is 22.3 Å². The largest absolute Gasteiger partial charge is 0.411 e. The fraction of sp³-hybridized carbons (Fsp3) is 1.00. The second kappa shape index (κ2) is 5.13. The summed E-state index contributed by atoms with van der Waals surface area (Å²) in [6.07, 6.45) is -3.18. The summed E-state index contributed by atoms with van der Waals surface area (Å²) in [7, 11) is 0. The van der Waals surface area contributed by atoms with Crippen LogP contribution < -0.4 is 0 Å². The second-order valence-corrected chi connectivity index (χ2v) is 7.00. The molecule has 6 heteroatoms. The Morgan fingerprint density at radius 3 is 2.45 bits per heavy atom. The molecule has 0 aliphatic carbocycles. The maximum absolute atomic E-state index is 14.3. The topological polar surface area (TPSA) is 12.5 Å². The van der Waals surface area contributed by atoms with Crippen LogP contribution in [0.25, 0.3) is 0 Å². The molecule has 0 saturated carbocycles. The summed E-state index contributed by atoms with van der Waals surface area (Å²) in [6.45, 7) is 5.51. The van der Waals surface area contributed by atoms with Crippen LogP contribution in [0.5, 0.6) is 0 Å². The van der Waals surface area contributed by atoms with E-state index in [0.29, 0.717) is 6.42 Å². The second-order valence-electron chi connectivity index (χ2n) is 7.00. The molecule has 0 aromatic rings. The standard InChI is InChI=1S/C14H23F4NO/c1-12(2,3)13-5-4-6-19(13)11(10(15)7-13)8-20-9-14(16,17)18/h10-11H,4-9H2,1-3H3. The minimum absolute atomic E-state index is 0.0907. The molecule has 0 aromatic heterocycles. The van der Waals surface area contributed by atoms with Gasteiger partial charge in [0.2, 0.25) is 0 Å². The molecule has 2 aliphatic heterocycles. The SMILES string of the molecule is CC(C)(C)C12CCCN1C(COCC(F)(F)F)C(F)C2. The van der Waals surface area contributed by atoms with Gasteiger partial charge in [-0.2, -0.15) is 13.2 Å². The van der Waals surface area contributed by atoms with Crippen LogP contribution in [0.1, 0.15) is 40.0 Å². The van der Waals surface area contributed by atoms with Crippen molar-refractivity contribution in [1.29, 1.82) is 0 Å². The van der Waals surface area contributed by atoms with E-state index in [4.69, 9.17) is 4.74 Å². The Morgan fingerprint density at radius 2 is 1.90 bits per heavy atom. The van der Waals surface area contributed by atoms with E-state index in [9.17, 15) is 17.6 Å². The Labute approximate surface area is 117 Å². The van der Waals surface area contributed by atoms with Gasteiger partial charge in [0.15, 0.2) is 0 Å². The summed E-state index contributed by atoms with van der Waals surface area (Å²) >= 11 is 0. The lowest BCUT2D eigenvalue weighted by molar-refractivity contribution is -0.178. The van der Waals surface area contributed by atoms with Gasteiger partial charge in [-0.15, -0.1) is 0 Å². The van der Waals surface area contributed by atoms with Crippen molar-refractivity contribution in [2.45, 2.75) is 64.0 Å². The highest BCUT2D eigenvalue weighted by atomic mass is 19.4. The van der Waals surface area contributed by atoms with E-state index in [1.807, 2.05) is 0 Å². The Balaban J connectivity index is 2.05. The molecule has 2 rings (SSSR count). The number of hydrogen-bond acceptors (Lipinski definition) is 2. The summed E-state index contributed by atoms with van der Waals surface area (Å²) in [4.78, 5) is 2.06. The van der Waals surface area contributed by atoms with E-state index >= 15 is 0 Å². The van der Waals surface area contributed by atoms with Crippen molar-refractivity contribution in [3.8, 4) is 0 Å². The molecule has 0 aromatic carbocycles. The van der Waals surface area contributed by atoms with Crippen molar-refractivity contribution in [1.82, 2.24) is 4.90 Å². The molecule has 0 N–H and O–H groups in total. The van der Waals surface area contributed by atoms with Crippen molar-refractivity contribution in [3.05, 3.63) is 0 Å². The van der Waals surface area contributed by atoms with Gasteiger partial charge in [0.05, 0.1) is 12.6 Å². The number of rotatable bonds is 3. The molecule has 2 fully saturated rings. The first-order chi connectivity index (χ1) is 9.07. The zero-order valence-electron chi connectivity index (χ0n) is 12.3. The minimum atomic E-state index is -4.35. The van der Waals surface area contributed by atoms with Crippen molar-refractivity contribution in [2.75, 3.05) is 19.8 Å². The fourth-order valence-corrected chi connectivity index (χ4v) is 3.86. The molecular formula is C14H23F4NO. The summed E-state index contributed by atoms with van der Waals surface area (Å²) in [6, 6.07) is -0.543. The Bertz CT molecular complexity index is 352. The number of ether oxygens (including phenoxy) is 1. The summed E-state index contributed by atoms with van der Waals surface area (Å²) < 4.78 is 55.4. The van der Waals surface area contributed by atoms with Crippen LogP contribution in [-0.4, -0.2) is 48.6 Å². The van der Waals surface area contributed by atoms with Crippen LogP contribution in [0.2, 0.25) is 0 Å². The van der Waals surface area contributed by atoms with Crippen molar-refractivity contribution >= 4 is 0 Å². The molecule has 0 bridgehead atoms. The third kappa shape index (κ3) is 2.82. The van der Waals surface area contributed by atoms with E-state index in [2.05, 4.69) is 25.7 Å². The fourth-order valence-electron chi connectivity index (χ4n) is 3.86. The van der Waals surface area contributed by atoms with Gasteiger partial charge in [0, 0.05) is 5.54 Å². The molecule has 0 amide bonds. The van der Waals surface area contributed by atoms with Crippen molar-refractivity contribution in [3.63, 3.8) is 0 Å². The first-order valence-corrected chi connectivity index (χ1v) is 7.12. The van der Waals surface area contributed by atoms with E-state index in [0.717, 1.165) is 19.4 Å². The van der Waals surface area contributed by atoms with Gasteiger partial charge < -0.3 is 4.74 Å². The molecule has 20 heavy (non-hydrogen) atoms. The molecule has 0 radical (unpaired) electrons. The molecule has 2 aliphatic rings. The predicted octanol–water partition coefficient (Wildman–Crippen LogP) is 3.56. The number of hydrogen-bond donors (Lipinski definition) is 0. The average molecular weight is 297 g/mol. The van der Waals surface area contributed by atoms with Crippen LogP contribution in [0.3, 0.4) is 0 Å². The Kier molecular flexibility index (Phi) is 4.11. The number of nitrogens with zero attached hydrogens (tertiary/aromatic N) is 1. The lowest BCUT2D eigenvalue weighted by Gasteiger charge is -2.45. The minimum Gasteiger partial charge on any atom is -0.370 e. The van der Waals surface area contributed by atoms with E-state index in [1.54, 1.807) is 0 Å². The predicted molar refractivity (Wildman–Crippen MR) is 68.3 cm³/mol. The third-order valence-corrected chi connectivity index (χ3v) is 4.84. The van der Waals surface area contributed by atoms with Gasteiger partial charge in [-0.05, 0) is 31.2 Å². The zero-order chi connectivity index (χ0) is 15.2. The number of alkyl halides is 4. The summed E-state index contributed by atoms with van der Waals surface area (Å²) in [5.74, 6) is 0. The van der Waals surface area contributed by atoms with Gasteiger partial charge in [-0.3, -0.25) is 4.90 Å². The number of halogens is 4. The smallest absolute Gasteiger partial charge is 0.370 e. The van der Waals surface area contributed by atoms with Crippen LogP contribution in [0.4, 0.5) is 17.6 Å². The van der Waals surface area contributed by atoms with Crippen LogP contribution >= 0.6 is 0 Å². The molecular weight excluding hydrogens is 274 g/mol. The van der Waals surface area contributed by atoms with E-state index < -0.39 is 25.0 Å². The molecule has 0 spiro atoms. The molecule has 118 valence electrons. The van der Waals surface area contributed by atoms with E-state index in [1.165, 1.54) is 0 Å². The van der Waals surface area contributed by atoms with Crippen molar-refractivity contribution in [2.24, 2.45) is 5.41 Å². The summed E-state index contributed by atoms with van der Waals surface area (Å²) in [5, 5.41) is 0. The van der Waals surface area contributed by atoms with Crippen LogP contribution in [-0.2, 0) is 4.74 Å². The molecule has 3 unspecified atom stereocenters. The molecule has 2 heterocycles. The van der Waals surface area contributed by atoms with Crippen LogP contribution in [0, 0.1) is 5.41 Å². The highest BCUT2D eigenvalue weighted by Gasteiger charge is 2.59. The quantitative estimate of drug-likeness (QED) is 0.739. The lowest BCUT2D eigenvalue weighted by atomic mass is 9.71. The van der Waals surface area contributed by atoms with Gasteiger partial charge >= 0.3 is 6.18 Å².